The summed E-state index contributed by atoms with van der Waals surface area (Å²) in [5.41, 5.74) is 0.251. The van der Waals surface area contributed by atoms with Gasteiger partial charge in [0.05, 0.1) is 17.5 Å². The van der Waals surface area contributed by atoms with Crippen LogP contribution < -0.4 is 0 Å². The molecule has 92 valence electrons. The maximum absolute atomic E-state index is 13.2. The van der Waals surface area contributed by atoms with Gasteiger partial charge in [-0.3, -0.25) is 9.59 Å². The molecular formula is C12H12BrFO3. The number of carbonyl (C=O) groups excluding carboxylic acids is 2. The highest BCUT2D eigenvalue weighted by molar-refractivity contribution is 9.10. The molecule has 1 atom stereocenters. The summed E-state index contributed by atoms with van der Waals surface area (Å²) in [6.45, 7) is 1.60. The summed E-state index contributed by atoms with van der Waals surface area (Å²) in [6, 6.07) is 4.13. The van der Waals surface area contributed by atoms with Crippen LogP contribution in [-0.2, 0) is 9.53 Å². The third-order valence-corrected chi connectivity index (χ3v) is 2.98. The van der Waals surface area contributed by atoms with Crippen molar-refractivity contribution in [2.24, 2.45) is 5.92 Å². The predicted molar refractivity (Wildman–Crippen MR) is 64.2 cm³/mol. The lowest BCUT2D eigenvalue weighted by molar-refractivity contribution is -0.144. The monoisotopic (exact) mass is 302 g/mol. The summed E-state index contributed by atoms with van der Waals surface area (Å²) in [5, 5.41) is 0. The van der Waals surface area contributed by atoms with Crippen molar-refractivity contribution in [2.45, 2.75) is 13.3 Å². The van der Waals surface area contributed by atoms with Crippen molar-refractivity contribution in [1.29, 1.82) is 0 Å². The van der Waals surface area contributed by atoms with Crippen molar-refractivity contribution in [1.82, 2.24) is 0 Å². The average molecular weight is 303 g/mol. The number of ketones is 1. The van der Waals surface area contributed by atoms with Gasteiger partial charge in [-0.1, -0.05) is 13.0 Å². The van der Waals surface area contributed by atoms with Gasteiger partial charge in [-0.25, -0.2) is 4.39 Å². The molecule has 0 aliphatic rings. The quantitative estimate of drug-likeness (QED) is 0.634. The van der Waals surface area contributed by atoms with Gasteiger partial charge in [0.15, 0.2) is 5.78 Å². The number of benzene rings is 1. The number of Topliss-reactive ketones (excluding diaryl/α,β-unsaturated/α-hetero) is 1. The van der Waals surface area contributed by atoms with Gasteiger partial charge in [-0.05, 0) is 28.1 Å². The summed E-state index contributed by atoms with van der Waals surface area (Å²) in [5.74, 6) is -1.76. The Morgan fingerprint density at radius 3 is 2.65 bits per heavy atom. The number of hydrogen-bond donors (Lipinski definition) is 0. The van der Waals surface area contributed by atoms with Crippen molar-refractivity contribution in [2.75, 3.05) is 7.11 Å². The largest absolute Gasteiger partial charge is 0.469 e. The Hall–Kier alpha value is -1.23. The van der Waals surface area contributed by atoms with Crippen LogP contribution >= 0.6 is 15.9 Å². The number of esters is 1. The normalized spacial score (nSPS) is 12.0. The van der Waals surface area contributed by atoms with Gasteiger partial charge in [0.1, 0.15) is 5.82 Å². The highest BCUT2D eigenvalue weighted by Crippen LogP contribution is 2.18. The predicted octanol–water partition coefficient (Wildman–Crippen LogP) is 2.97. The number of hydrogen-bond acceptors (Lipinski definition) is 3. The Morgan fingerprint density at radius 1 is 1.47 bits per heavy atom. The highest BCUT2D eigenvalue weighted by atomic mass is 79.9. The van der Waals surface area contributed by atoms with E-state index in [1.165, 1.54) is 19.2 Å². The maximum atomic E-state index is 13.2. The second-order valence-electron chi connectivity index (χ2n) is 3.68. The van der Waals surface area contributed by atoms with Crippen molar-refractivity contribution in [3.05, 3.63) is 34.1 Å². The Balaban J connectivity index is 2.76. The van der Waals surface area contributed by atoms with Crippen molar-refractivity contribution in [3.8, 4) is 0 Å². The molecule has 0 heterocycles. The van der Waals surface area contributed by atoms with Gasteiger partial charge in [-0.2, -0.15) is 0 Å². The van der Waals surface area contributed by atoms with Crippen LogP contribution in [-0.4, -0.2) is 18.9 Å². The molecule has 1 unspecified atom stereocenters. The second kappa shape index (κ2) is 5.91. The zero-order valence-corrected chi connectivity index (χ0v) is 11.1. The van der Waals surface area contributed by atoms with Crippen molar-refractivity contribution < 1.29 is 18.7 Å². The van der Waals surface area contributed by atoms with Crippen LogP contribution in [0.3, 0.4) is 0 Å². The van der Waals surface area contributed by atoms with E-state index in [2.05, 4.69) is 20.7 Å². The molecule has 0 aliphatic carbocycles. The van der Waals surface area contributed by atoms with Crippen LogP contribution in [0.25, 0.3) is 0 Å². The number of halogens is 2. The van der Waals surface area contributed by atoms with E-state index in [0.29, 0.717) is 4.47 Å². The van der Waals surface area contributed by atoms with Crippen molar-refractivity contribution >= 4 is 27.7 Å². The minimum absolute atomic E-state index is 0.00768. The fourth-order valence-electron chi connectivity index (χ4n) is 1.35. The first-order valence-corrected chi connectivity index (χ1v) is 5.81. The third kappa shape index (κ3) is 3.63. The van der Waals surface area contributed by atoms with E-state index in [4.69, 9.17) is 0 Å². The molecule has 0 radical (unpaired) electrons. The zero-order chi connectivity index (χ0) is 13.0. The Bertz CT molecular complexity index is 445. The SMILES string of the molecule is COC(=O)C(C)CC(=O)c1ccc(Br)c(F)c1. The van der Waals surface area contributed by atoms with Crippen LogP contribution in [0, 0.1) is 11.7 Å². The molecule has 0 saturated heterocycles. The molecular weight excluding hydrogens is 291 g/mol. The molecule has 1 aromatic carbocycles. The van der Waals surface area contributed by atoms with E-state index in [1.54, 1.807) is 6.92 Å². The Labute approximate surface area is 107 Å². The van der Waals surface area contributed by atoms with E-state index < -0.39 is 17.7 Å². The van der Waals surface area contributed by atoms with Gasteiger partial charge in [-0.15, -0.1) is 0 Å². The molecule has 0 saturated carbocycles. The lowest BCUT2D eigenvalue weighted by Crippen LogP contribution is -2.17. The molecule has 5 heteroatoms. The standard InChI is InChI=1S/C12H12BrFO3/c1-7(12(16)17-2)5-11(15)8-3-4-9(13)10(14)6-8/h3-4,6-7H,5H2,1-2H3. The van der Waals surface area contributed by atoms with Crippen LogP contribution in [0.1, 0.15) is 23.7 Å². The minimum atomic E-state index is -0.529. The summed E-state index contributed by atoms with van der Waals surface area (Å²) in [4.78, 5) is 22.9. The fourth-order valence-corrected chi connectivity index (χ4v) is 1.60. The van der Waals surface area contributed by atoms with E-state index >= 15 is 0 Å². The molecule has 0 fully saturated rings. The molecule has 17 heavy (non-hydrogen) atoms. The topological polar surface area (TPSA) is 43.4 Å². The fraction of sp³-hybridized carbons (Fsp3) is 0.333. The number of carbonyl (C=O) groups is 2. The zero-order valence-electron chi connectivity index (χ0n) is 9.50. The lowest BCUT2D eigenvalue weighted by atomic mass is 10.00. The van der Waals surface area contributed by atoms with E-state index in [9.17, 15) is 14.0 Å². The molecule has 0 aromatic heterocycles. The first-order chi connectivity index (χ1) is 7.95. The second-order valence-corrected chi connectivity index (χ2v) is 4.53. The van der Waals surface area contributed by atoms with Crippen molar-refractivity contribution in [3.63, 3.8) is 0 Å². The summed E-state index contributed by atoms with van der Waals surface area (Å²) in [7, 11) is 1.27. The van der Waals surface area contributed by atoms with Gasteiger partial charge < -0.3 is 4.74 Å². The molecule has 0 N–H and O–H groups in total. The van der Waals surface area contributed by atoms with Gasteiger partial charge in [0.25, 0.3) is 0 Å². The van der Waals surface area contributed by atoms with E-state index in [0.717, 1.165) is 6.07 Å². The lowest BCUT2D eigenvalue weighted by Gasteiger charge is -2.08. The molecule has 3 nitrogen and oxygen atoms in total. The number of ether oxygens (including phenoxy) is 1. The molecule has 1 rings (SSSR count). The molecule has 0 bridgehead atoms. The number of rotatable bonds is 4. The Morgan fingerprint density at radius 2 is 2.12 bits per heavy atom. The summed E-state index contributed by atoms with van der Waals surface area (Å²) in [6.07, 6.45) is 0.00768. The first kappa shape index (κ1) is 13.8. The average Bonchev–Trinajstić information content (AvgIpc) is 2.31. The van der Waals surface area contributed by atoms with Crippen LogP contribution in [0.15, 0.2) is 22.7 Å². The molecule has 0 spiro atoms. The maximum Gasteiger partial charge on any atom is 0.308 e. The van der Waals surface area contributed by atoms with Crippen LogP contribution in [0.2, 0.25) is 0 Å². The highest BCUT2D eigenvalue weighted by Gasteiger charge is 2.19. The van der Waals surface area contributed by atoms with E-state index in [1.807, 2.05) is 0 Å². The van der Waals surface area contributed by atoms with E-state index in [-0.39, 0.29) is 17.8 Å². The van der Waals surface area contributed by atoms with Crippen LogP contribution in [0.4, 0.5) is 4.39 Å². The van der Waals surface area contributed by atoms with Crippen LogP contribution in [0.5, 0.6) is 0 Å². The Kier molecular flexibility index (Phi) is 4.81. The summed E-state index contributed by atoms with van der Waals surface area (Å²) < 4.78 is 18.0. The van der Waals surface area contributed by atoms with Gasteiger partial charge in [0, 0.05) is 12.0 Å². The molecule has 0 aliphatic heterocycles. The summed E-state index contributed by atoms with van der Waals surface area (Å²) >= 11 is 3.00. The number of methoxy groups -OCH3 is 1. The minimum Gasteiger partial charge on any atom is -0.469 e. The molecule has 1 aromatic rings. The van der Waals surface area contributed by atoms with Gasteiger partial charge >= 0.3 is 5.97 Å². The third-order valence-electron chi connectivity index (χ3n) is 2.34. The first-order valence-electron chi connectivity index (χ1n) is 5.01. The van der Waals surface area contributed by atoms with Gasteiger partial charge in [0.2, 0.25) is 0 Å². The molecule has 0 amide bonds. The smallest absolute Gasteiger partial charge is 0.308 e.